The second kappa shape index (κ2) is 5.82. The van der Waals surface area contributed by atoms with Crippen LogP contribution in [-0.2, 0) is 13.1 Å². The van der Waals surface area contributed by atoms with Gasteiger partial charge in [0.15, 0.2) is 0 Å². The summed E-state index contributed by atoms with van der Waals surface area (Å²) in [7, 11) is 0. The number of hydrogen-bond acceptors (Lipinski definition) is 4. The third kappa shape index (κ3) is 3.10. The zero-order valence-corrected chi connectivity index (χ0v) is 11.0. The van der Waals surface area contributed by atoms with Gasteiger partial charge in [0.2, 0.25) is 0 Å². The summed E-state index contributed by atoms with van der Waals surface area (Å²) in [5.41, 5.74) is -0.930. The molecule has 2 rings (SSSR count). The van der Waals surface area contributed by atoms with E-state index in [2.05, 4.69) is 21.4 Å². The summed E-state index contributed by atoms with van der Waals surface area (Å²) in [5, 5.41) is 19.4. The molecule has 0 spiro atoms. The molecule has 0 radical (unpaired) electrons. The minimum absolute atomic E-state index is 0.160. The van der Waals surface area contributed by atoms with Crippen molar-refractivity contribution in [2.75, 3.05) is 19.7 Å². The van der Waals surface area contributed by atoms with Crippen LogP contribution in [0.3, 0.4) is 0 Å². The minimum Gasteiger partial charge on any atom is -0.393 e. The van der Waals surface area contributed by atoms with Gasteiger partial charge in [0.1, 0.15) is 11.4 Å². The van der Waals surface area contributed by atoms with E-state index in [1.54, 1.807) is 0 Å². The molecule has 0 amide bonds. The predicted octanol–water partition coefficient (Wildman–Crippen LogP) is 0.612. The van der Waals surface area contributed by atoms with Crippen molar-refractivity contribution < 1.29 is 10.2 Å². The molecule has 0 aliphatic carbocycles. The number of nitrogens with zero attached hydrogens (tertiary/aromatic N) is 3. The number of likely N-dealkylation sites (tertiary alicyclic amines) is 1. The van der Waals surface area contributed by atoms with Crippen molar-refractivity contribution >= 4 is 0 Å². The molecule has 1 atom stereocenters. The van der Waals surface area contributed by atoms with Crippen molar-refractivity contribution in [2.45, 2.75) is 44.9 Å². The van der Waals surface area contributed by atoms with Crippen LogP contribution in [0.25, 0.3) is 0 Å². The number of β-amino-alcohol motifs (C(OH)–C–C–N with tert-alkyl or cyclic N) is 1. The number of imidazole rings is 1. The van der Waals surface area contributed by atoms with Gasteiger partial charge >= 0.3 is 0 Å². The highest BCUT2D eigenvalue weighted by Crippen LogP contribution is 2.21. The molecule has 1 aromatic heterocycles. The molecule has 102 valence electrons. The van der Waals surface area contributed by atoms with E-state index in [-0.39, 0.29) is 6.61 Å². The third-order valence-electron chi connectivity index (χ3n) is 3.56. The van der Waals surface area contributed by atoms with Crippen LogP contribution in [0.4, 0.5) is 0 Å². The van der Waals surface area contributed by atoms with E-state index in [1.165, 1.54) is 0 Å². The fraction of sp³-hybridized carbons (Fsp3) is 0.769. The maximum Gasteiger partial charge on any atom is 0.122 e. The van der Waals surface area contributed by atoms with Crippen LogP contribution in [0.1, 0.15) is 32.0 Å². The monoisotopic (exact) mass is 253 g/mol. The molecule has 0 aromatic carbocycles. The number of piperidine rings is 1. The molecule has 5 nitrogen and oxygen atoms in total. The predicted molar refractivity (Wildman–Crippen MR) is 69.1 cm³/mol. The Hall–Kier alpha value is -0.910. The van der Waals surface area contributed by atoms with Crippen LogP contribution in [0.2, 0.25) is 0 Å². The molecule has 1 aliphatic heterocycles. The highest BCUT2D eigenvalue weighted by molar-refractivity contribution is 4.95. The molecule has 1 aromatic rings. The average molecular weight is 253 g/mol. The number of aliphatic hydroxyl groups excluding tert-OH is 1. The van der Waals surface area contributed by atoms with Gasteiger partial charge in [-0.25, -0.2) is 4.98 Å². The van der Waals surface area contributed by atoms with E-state index in [4.69, 9.17) is 0 Å². The normalized spacial score (nSPS) is 25.5. The standard InChI is InChI=1S/C13H23N3O2/c1-2-6-16-8-5-14-12(16)9-15-7-3-4-13(18,10-15)11-17/h5,8,17-18H,2-4,6-7,9-11H2,1H3/t13-/m0/s1. The van der Waals surface area contributed by atoms with Crippen LogP contribution < -0.4 is 0 Å². The lowest BCUT2D eigenvalue weighted by atomic mass is 9.94. The minimum atomic E-state index is -0.930. The van der Waals surface area contributed by atoms with Gasteiger partial charge in [0.05, 0.1) is 13.2 Å². The highest BCUT2D eigenvalue weighted by Gasteiger charge is 2.32. The molecule has 2 heterocycles. The van der Waals surface area contributed by atoms with E-state index >= 15 is 0 Å². The Morgan fingerprint density at radius 3 is 3.06 bits per heavy atom. The summed E-state index contributed by atoms with van der Waals surface area (Å²) in [6.07, 6.45) is 6.52. The number of aliphatic hydroxyl groups is 2. The van der Waals surface area contributed by atoms with Crippen molar-refractivity contribution in [1.82, 2.24) is 14.5 Å². The molecule has 18 heavy (non-hydrogen) atoms. The molecule has 1 saturated heterocycles. The van der Waals surface area contributed by atoms with Crippen molar-refractivity contribution in [2.24, 2.45) is 0 Å². The SMILES string of the molecule is CCCn1ccnc1CN1CCC[C@@](O)(CO)C1. The van der Waals surface area contributed by atoms with Crippen LogP contribution >= 0.6 is 0 Å². The smallest absolute Gasteiger partial charge is 0.122 e. The largest absolute Gasteiger partial charge is 0.393 e. The maximum absolute atomic E-state index is 10.1. The van der Waals surface area contributed by atoms with E-state index in [9.17, 15) is 10.2 Å². The molecule has 0 bridgehead atoms. The summed E-state index contributed by atoms with van der Waals surface area (Å²) in [6.45, 7) is 5.20. The lowest BCUT2D eigenvalue weighted by Gasteiger charge is -2.37. The topological polar surface area (TPSA) is 61.5 Å². The summed E-state index contributed by atoms with van der Waals surface area (Å²) in [4.78, 5) is 6.55. The molecule has 1 aliphatic rings. The number of aromatic nitrogens is 2. The van der Waals surface area contributed by atoms with Crippen LogP contribution in [0, 0.1) is 0 Å². The Morgan fingerprint density at radius 2 is 2.33 bits per heavy atom. The summed E-state index contributed by atoms with van der Waals surface area (Å²) in [6, 6.07) is 0. The Morgan fingerprint density at radius 1 is 1.50 bits per heavy atom. The van der Waals surface area contributed by atoms with Gasteiger partial charge in [-0.15, -0.1) is 0 Å². The summed E-state index contributed by atoms with van der Waals surface area (Å²) in [5.74, 6) is 1.04. The van der Waals surface area contributed by atoms with Gasteiger partial charge < -0.3 is 14.8 Å². The van der Waals surface area contributed by atoms with Crippen LogP contribution in [-0.4, -0.2) is 50.0 Å². The fourth-order valence-electron chi connectivity index (χ4n) is 2.61. The Labute approximate surface area is 108 Å². The van der Waals surface area contributed by atoms with Gasteiger partial charge in [-0.05, 0) is 25.8 Å². The van der Waals surface area contributed by atoms with E-state index < -0.39 is 5.60 Å². The molecule has 2 N–H and O–H groups in total. The summed E-state index contributed by atoms with van der Waals surface area (Å²) >= 11 is 0. The molecule has 5 heteroatoms. The van der Waals surface area contributed by atoms with E-state index in [0.717, 1.165) is 38.3 Å². The van der Waals surface area contributed by atoms with Gasteiger partial charge in [-0.3, -0.25) is 4.90 Å². The lowest BCUT2D eigenvalue weighted by Crippen LogP contribution is -2.50. The third-order valence-corrected chi connectivity index (χ3v) is 3.56. The number of aryl methyl sites for hydroxylation is 1. The number of rotatable bonds is 5. The zero-order chi connectivity index (χ0) is 13.0. The molecule has 0 unspecified atom stereocenters. The first kappa shape index (κ1) is 13.5. The van der Waals surface area contributed by atoms with Gasteiger partial charge in [0.25, 0.3) is 0 Å². The summed E-state index contributed by atoms with van der Waals surface area (Å²) < 4.78 is 2.16. The van der Waals surface area contributed by atoms with E-state index in [1.807, 2.05) is 12.4 Å². The van der Waals surface area contributed by atoms with Crippen molar-refractivity contribution in [3.8, 4) is 0 Å². The Balaban J connectivity index is 1.98. The van der Waals surface area contributed by atoms with Gasteiger partial charge in [-0.1, -0.05) is 6.92 Å². The second-order valence-electron chi connectivity index (χ2n) is 5.23. The molecular formula is C13H23N3O2. The van der Waals surface area contributed by atoms with Crippen LogP contribution in [0.15, 0.2) is 12.4 Å². The quantitative estimate of drug-likeness (QED) is 0.807. The first-order chi connectivity index (χ1) is 8.67. The fourth-order valence-corrected chi connectivity index (χ4v) is 2.61. The second-order valence-corrected chi connectivity index (χ2v) is 5.23. The first-order valence-electron chi connectivity index (χ1n) is 6.72. The zero-order valence-electron chi connectivity index (χ0n) is 11.0. The van der Waals surface area contributed by atoms with E-state index in [0.29, 0.717) is 13.0 Å². The van der Waals surface area contributed by atoms with Gasteiger partial charge in [-0.2, -0.15) is 0 Å². The molecule has 0 saturated carbocycles. The molecule has 1 fully saturated rings. The van der Waals surface area contributed by atoms with Gasteiger partial charge in [0, 0.05) is 25.5 Å². The Bertz CT molecular complexity index is 380. The molecular weight excluding hydrogens is 230 g/mol. The highest BCUT2D eigenvalue weighted by atomic mass is 16.3. The van der Waals surface area contributed by atoms with Crippen molar-refractivity contribution in [1.29, 1.82) is 0 Å². The van der Waals surface area contributed by atoms with Crippen LogP contribution in [0.5, 0.6) is 0 Å². The first-order valence-corrected chi connectivity index (χ1v) is 6.72. The van der Waals surface area contributed by atoms with Crippen molar-refractivity contribution in [3.63, 3.8) is 0 Å². The average Bonchev–Trinajstić information content (AvgIpc) is 2.77. The van der Waals surface area contributed by atoms with Crippen molar-refractivity contribution in [3.05, 3.63) is 18.2 Å². The maximum atomic E-state index is 10.1. The lowest BCUT2D eigenvalue weighted by molar-refractivity contribution is -0.0693. The number of hydrogen-bond donors (Lipinski definition) is 2. The Kier molecular flexibility index (Phi) is 4.37.